The van der Waals surface area contributed by atoms with Crippen LogP contribution in [0, 0.1) is 17.8 Å². The van der Waals surface area contributed by atoms with Crippen LogP contribution in [0.1, 0.15) is 33.1 Å². The molecule has 0 aliphatic heterocycles. The predicted molar refractivity (Wildman–Crippen MR) is 62.6 cm³/mol. The molecule has 0 spiro atoms. The van der Waals surface area contributed by atoms with Crippen molar-refractivity contribution in [1.82, 2.24) is 5.32 Å². The Bertz CT molecular complexity index is 247. The standard InChI is InChI=1S/C13H23NO/c1-3-13(2,15)9-14-8-12-7-10-4-5-11(12)6-10/h4-5,10-12,14-15H,3,6-9H2,1-2H3. The third kappa shape index (κ3) is 2.61. The second kappa shape index (κ2) is 4.26. The number of rotatable bonds is 5. The maximum absolute atomic E-state index is 9.85. The molecule has 4 atom stereocenters. The fraction of sp³-hybridized carbons (Fsp3) is 0.846. The number of aliphatic hydroxyl groups is 1. The van der Waals surface area contributed by atoms with Crippen molar-refractivity contribution >= 4 is 0 Å². The van der Waals surface area contributed by atoms with Gasteiger partial charge in [0.25, 0.3) is 0 Å². The zero-order chi connectivity index (χ0) is 10.9. The second-order valence-electron chi connectivity index (χ2n) is 5.52. The Hall–Kier alpha value is -0.340. The van der Waals surface area contributed by atoms with E-state index in [-0.39, 0.29) is 0 Å². The highest BCUT2D eigenvalue weighted by atomic mass is 16.3. The molecule has 0 amide bonds. The lowest BCUT2D eigenvalue weighted by atomic mass is 9.93. The molecule has 0 aromatic heterocycles. The van der Waals surface area contributed by atoms with Gasteiger partial charge in [-0.05, 0) is 50.5 Å². The van der Waals surface area contributed by atoms with Crippen LogP contribution in [0.25, 0.3) is 0 Å². The van der Waals surface area contributed by atoms with Crippen LogP contribution in [0.15, 0.2) is 12.2 Å². The van der Waals surface area contributed by atoms with Crippen molar-refractivity contribution in [1.29, 1.82) is 0 Å². The zero-order valence-electron chi connectivity index (χ0n) is 9.87. The lowest BCUT2D eigenvalue weighted by Gasteiger charge is -2.24. The summed E-state index contributed by atoms with van der Waals surface area (Å²) in [5.74, 6) is 2.48. The molecule has 4 unspecified atom stereocenters. The summed E-state index contributed by atoms with van der Waals surface area (Å²) in [5, 5.41) is 13.3. The molecule has 0 saturated heterocycles. The molecular formula is C13H23NO. The Morgan fingerprint density at radius 2 is 2.20 bits per heavy atom. The smallest absolute Gasteiger partial charge is 0.0740 e. The quantitative estimate of drug-likeness (QED) is 0.678. The van der Waals surface area contributed by atoms with Crippen molar-refractivity contribution in [2.45, 2.75) is 38.7 Å². The van der Waals surface area contributed by atoms with Gasteiger partial charge in [0.15, 0.2) is 0 Å². The van der Waals surface area contributed by atoms with Crippen molar-refractivity contribution in [2.24, 2.45) is 17.8 Å². The molecule has 1 fully saturated rings. The SMILES string of the molecule is CCC(C)(O)CNCC1CC2C=CC1C2. The summed E-state index contributed by atoms with van der Waals surface area (Å²) >= 11 is 0. The first-order valence-electron chi connectivity index (χ1n) is 6.22. The normalized spacial score (nSPS) is 37.1. The molecule has 0 heterocycles. The summed E-state index contributed by atoms with van der Waals surface area (Å²) in [6.07, 6.45) is 8.30. The van der Waals surface area contributed by atoms with E-state index in [0.717, 1.165) is 37.3 Å². The summed E-state index contributed by atoms with van der Waals surface area (Å²) < 4.78 is 0. The van der Waals surface area contributed by atoms with Crippen LogP contribution in [0.2, 0.25) is 0 Å². The molecule has 2 N–H and O–H groups in total. The molecule has 2 aliphatic carbocycles. The number of fused-ring (bicyclic) bond motifs is 2. The van der Waals surface area contributed by atoms with E-state index in [0.29, 0.717) is 0 Å². The van der Waals surface area contributed by atoms with Crippen molar-refractivity contribution in [3.8, 4) is 0 Å². The highest BCUT2D eigenvalue weighted by molar-refractivity contribution is 5.10. The van der Waals surface area contributed by atoms with E-state index >= 15 is 0 Å². The monoisotopic (exact) mass is 209 g/mol. The molecule has 2 nitrogen and oxygen atoms in total. The summed E-state index contributed by atoms with van der Waals surface area (Å²) in [6, 6.07) is 0. The third-order valence-corrected chi connectivity index (χ3v) is 4.09. The summed E-state index contributed by atoms with van der Waals surface area (Å²) in [5.41, 5.74) is -0.534. The van der Waals surface area contributed by atoms with E-state index in [1.165, 1.54) is 12.8 Å². The van der Waals surface area contributed by atoms with Gasteiger partial charge in [0.1, 0.15) is 0 Å². The van der Waals surface area contributed by atoms with E-state index in [4.69, 9.17) is 0 Å². The highest BCUT2D eigenvalue weighted by Gasteiger charge is 2.35. The minimum atomic E-state index is -0.534. The van der Waals surface area contributed by atoms with E-state index < -0.39 is 5.60 Å². The van der Waals surface area contributed by atoms with E-state index in [9.17, 15) is 5.11 Å². The average Bonchev–Trinajstić information content (AvgIpc) is 2.79. The molecule has 0 radical (unpaired) electrons. The van der Waals surface area contributed by atoms with Crippen LogP contribution in [-0.4, -0.2) is 23.8 Å². The van der Waals surface area contributed by atoms with Crippen LogP contribution < -0.4 is 5.32 Å². The van der Waals surface area contributed by atoms with Gasteiger partial charge in [-0.1, -0.05) is 19.1 Å². The molecule has 0 aromatic carbocycles. The van der Waals surface area contributed by atoms with Gasteiger partial charge < -0.3 is 10.4 Å². The van der Waals surface area contributed by atoms with Gasteiger partial charge in [-0.15, -0.1) is 0 Å². The molecule has 15 heavy (non-hydrogen) atoms. The Kier molecular flexibility index (Phi) is 3.17. The molecule has 86 valence electrons. The first kappa shape index (κ1) is 11.2. The lowest BCUT2D eigenvalue weighted by Crippen LogP contribution is -2.39. The molecule has 1 saturated carbocycles. The van der Waals surface area contributed by atoms with Gasteiger partial charge in [-0.3, -0.25) is 0 Å². The van der Waals surface area contributed by atoms with Crippen LogP contribution in [0.4, 0.5) is 0 Å². The third-order valence-electron chi connectivity index (χ3n) is 4.09. The number of hydrogen-bond acceptors (Lipinski definition) is 2. The molecule has 0 aromatic rings. The van der Waals surface area contributed by atoms with E-state index in [2.05, 4.69) is 17.5 Å². The van der Waals surface area contributed by atoms with Crippen molar-refractivity contribution in [3.05, 3.63) is 12.2 Å². The fourth-order valence-electron chi connectivity index (χ4n) is 2.78. The van der Waals surface area contributed by atoms with Gasteiger partial charge >= 0.3 is 0 Å². The fourth-order valence-corrected chi connectivity index (χ4v) is 2.78. The second-order valence-corrected chi connectivity index (χ2v) is 5.52. The predicted octanol–water partition coefficient (Wildman–Crippen LogP) is 1.95. The van der Waals surface area contributed by atoms with E-state index in [1.54, 1.807) is 0 Å². The Labute approximate surface area is 92.8 Å². The number of allylic oxidation sites excluding steroid dienone is 2. The molecule has 2 bridgehead atoms. The number of nitrogens with one attached hydrogen (secondary N) is 1. The molecular weight excluding hydrogens is 186 g/mol. The average molecular weight is 209 g/mol. The minimum absolute atomic E-state index is 0.534. The van der Waals surface area contributed by atoms with Crippen molar-refractivity contribution in [2.75, 3.05) is 13.1 Å². The lowest BCUT2D eigenvalue weighted by molar-refractivity contribution is 0.0546. The van der Waals surface area contributed by atoms with Gasteiger partial charge in [0.2, 0.25) is 0 Å². The van der Waals surface area contributed by atoms with Gasteiger partial charge in [-0.2, -0.15) is 0 Å². The van der Waals surface area contributed by atoms with E-state index in [1.807, 2.05) is 13.8 Å². The van der Waals surface area contributed by atoms with Crippen LogP contribution in [0.3, 0.4) is 0 Å². The summed E-state index contributed by atoms with van der Waals surface area (Å²) in [4.78, 5) is 0. The molecule has 2 heteroatoms. The summed E-state index contributed by atoms with van der Waals surface area (Å²) in [6.45, 7) is 5.73. The van der Waals surface area contributed by atoms with Crippen molar-refractivity contribution < 1.29 is 5.11 Å². The topological polar surface area (TPSA) is 32.3 Å². The van der Waals surface area contributed by atoms with Crippen LogP contribution in [0.5, 0.6) is 0 Å². The van der Waals surface area contributed by atoms with Crippen LogP contribution in [-0.2, 0) is 0 Å². The zero-order valence-corrected chi connectivity index (χ0v) is 9.87. The van der Waals surface area contributed by atoms with Crippen molar-refractivity contribution in [3.63, 3.8) is 0 Å². The van der Waals surface area contributed by atoms with Gasteiger partial charge in [-0.25, -0.2) is 0 Å². The van der Waals surface area contributed by atoms with Gasteiger partial charge in [0.05, 0.1) is 5.60 Å². The minimum Gasteiger partial charge on any atom is -0.389 e. The highest BCUT2D eigenvalue weighted by Crippen LogP contribution is 2.42. The molecule has 2 rings (SSSR count). The number of hydrogen-bond donors (Lipinski definition) is 2. The largest absolute Gasteiger partial charge is 0.389 e. The summed E-state index contributed by atoms with van der Waals surface area (Å²) in [7, 11) is 0. The van der Waals surface area contributed by atoms with Crippen LogP contribution >= 0.6 is 0 Å². The maximum Gasteiger partial charge on any atom is 0.0740 e. The first-order valence-corrected chi connectivity index (χ1v) is 6.22. The Balaban J connectivity index is 1.69. The Morgan fingerprint density at radius 3 is 2.73 bits per heavy atom. The maximum atomic E-state index is 9.85. The van der Waals surface area contributed by atoms with Gasteiger partial charge in [0, 0.05) is 6.54 Å². The molecule has 2 aliphatic rings. The first-order chi connectivity index (χ1) is 7.11. The Morgan fingerprint density at radius 1 is 1.40 bits per heavy atom.